The molecule has 9 heteroatoms. The highest BCUT2D eigenvalue weighted by atomic mass is 32.2. The van der Waals surface area contributed by atoms with Crippen molar-refractivity contribution in [3.8, 4) is 0 Å². The highest BCUT2D eigenvalue weighted by molar-refractivity contribution is 8.00. The number of hydrogen-bond donors (Lipinski definition) is 0. The second-order valence-electron chi connectivity index (χ2n) is 6.40. The van der Waals surface area contributed by atoms with E-state index in [1.54, 1.807) is 11.0 Å². The van der Waals surface area contributed by atoms with E-state index in [1.807, 2.05) is 30.3 Å². The Morgan fingerprint density at radius 1 is 1.03 bits per heavy atom. The van der Waals surface area contributed by atoms with E-state index in [4.69, 9.17) is 0 Å². The minimum absolute atomic E-state index is 0.00319. The van der Waals surface area contributed by atoms with Gasteiger partial charge in [-0.1, -0.05) is 30.3 Å². The molecule has 1 amide bonds. The fourth-order valence-corrected chi connectivity index (χ4v) is 4.83. The summed E-state index contributed by atoms with van der Waals surface area (Å²) >= 11 is 0.994. The molecule has 0 unspecified atom stereocenters. The Morgan fingerprint density at radius 2 is 1.72 bits per heavy atom. The maximum Gasteiger partial charge on any atom is 0.236 e. The number of rotatable bonds is 6. The van der Waals surface area contributed by atoms with Gasteiger partial charge < -0.3 is 4.90 Å². The molecule has 1 aliphatic rings. The standard InChI is InChI=1S/C20H20F2N2O3S2/c21-17-6-7-19(18(22)14-17)28-15-20(25)23-9-11-24(12-10-23)29(26,27)13-8-16-4-2-1-3-5-16/h1-8,13-14H,9-12,15H2/b13-8-. The third-order valence-corrected chi connectivity index (χ3v) is 7.03. The molecule has 1 saturated heterocycles. The van der Waals surface area contributed by atoms with Crippen LogP contribution < -0.4 is 0 Å². The van der Waals surface area contributed by atoms with Crippen LogP contribution in [0.25, 0.3) is 6.08 Å². The number of benzene rings is 2. The normalized spacial score (nSPS) is 15.7. The number of amides is 1. The predicted octanol–water partition coefficient (Wildman–Crippen LogP) is 3.20. The Morgan fingerprint density at radius 3 is 2.38 bits per heavy atom. The number of hydrogen-bond acceptors (Lipinski definition) is 4. The van der Waals surface area contributed by atoms with E-state index >= 15 is 0 Å². The van der Waals surface area contributed by atoms with Gasteiger partial charge in [0, 0.05) is 42.5 Å². The molecule has 0 radical (unpaired) electrons. The largest absolute Gasteiger partial charge is 0.339 e. The molecule has 0 aromatic heterocycles. The van der Waals surface area contributed by atoms with Crippen LogP contribution in [0.2, 0.25) is 0 Å². The molecule has 0 bridgehead atoms. The van der Waals surface area contributed by atoms with Crippen molar-refractivity contribution in [1.29, 1.82) is 0 Å². The zero-order valence-corrected chi connectivity index (χ0v) is 17.1. The van der Waals surface area contributed by atoms with Crippen LogP contribution in [0.3, 0.4) is 0 Å². The Labute approximate surface area is 173 Å². The highest BCUT2D eigenvalue weighted by Crippen LogP contribution is 2.23. The Balaban J connectivity index is 1.51. The second-order valence-corrected chi connectivity index (χ2v) is 9.24. The molecule has 1 aliphatic heterocycles. The first kappa shape index (κ1) is 21.5. The molecule has 2 aromatic rings. The van der Waals surface area contributed by atoms with Crippen molar-refractivity contribution in [2.75, 3.05) is 31.9 Å². The lowest BCUT2D eigenvalue weighted by atomic mass is 10.2. The van der Waals surface area contributed by atoms with E-state index in [2.05, 4.69) is 0 Å². The van der Waals surface area contributed by atoms with E-state index in [0.29, 0.717) is 0 Å². The molecule has 0 saturated carbocycles. The van der Waals surface area contributed by atoms with Gasteiger partial charge in [0.15, 0.2) is 0 Å². The van der Waals surface area contributed by atoms with Gasteiger partial charge in [0.2, 0.25) is 15.9 Å². The number of piperazine rings is 1. The van der Waals surface area contributed by atoms with Gasteiger partial charge in [-0.05, 0) is 23.8 Å². The monoisotopic (exact) mass is 438 g/mol. The topological polar surface area (TPSA) is 57.7 Å². The molecule has 154 valence electrons. The Bertz CT molecular complexity index is 990. The summed E-state index contributed by atoms with van der Waals surface area (Å²) in [5.41, 5.74) is 0.787. The summed E-state index contributed by atoms with van der Waals surface area (Å²) in [7, 11) is -3.57. The molecule has 1 heterocycles. The van der Waals surface area contributed by atoms with Gasteiger partial charge in [-0.3, -0.25) is 4.79 Å². The van der Waals surface area contributed by atoms with E-state index in [9.17, 15) is 22.0 Å². The third-order valence-electron chi connectivity index (χ3n) is 4.43. The molecule has 5 nitrogen and oxygen atoms in total. The lowest BCUT2D eigenvalue weighted by molar-refractivity contribution is -0.129. The maximum atomic E-state index is 13.7. The van der Waals surface area contributed by atoms with Gasteiger partial charge in [-0.25, -0.2) is 17.2 Å². The molecule has 0 aliphatic carbocycles. The van der Waals surface area contributed by atoms with Crippen molar-refractivity contribution in [3.05, 3.63) is 71.1 Å². The first-order valence-corrected chi connectivity index (χ1v) is 11.4. The average molecular weight is 439 g/mol. The Hall–Kier alpha value is -2.23. The number of halogens is 2. The van der Waals surface area contributed by atoms with Gasteiger partial charge in [0.25, 0.3) is 0 Å². The van der Waals surface area contributed by atoms with Gasteiger partial charge in [0.1, 0.15) is 11.6 Å². The molecular formula is C20H20F2N2O3S2. The number of nitrogens with zero attached hydrogens (tertiary/aromatic N) is 2. The van der Waals surface area contributed by atoms with E-state index in [-0.39, 0.29) is 42.7 Å². The van der Waals surface area contributed by atoms with Gasteiger partial charge in [0.05, 0.1) is 5.75 Å². The van der Waals surface area contributed by atoms with Crippen LogP contribution in [0.1, 0.15) is 5.56 Å². The van der Waals surface area contributed by atoms with Crippen LogP contribution in [-0.2, 0) is 14.8 Å². The van der Waals surface area contributed by atoms with Crippen molar-refractivity contribution in [2.45, 2.75) is 4.90 Å². The summed E-state index contributed by atoms with van der Waals surface area (Å²) in [6.07, 6.45) is 1.54. The van der Waals surface area contributed by atoms with Crippen molar-refractivity contribution in [3.63, 3.8) is 0 Å². The van der Waals surface area contributed by atoms with Crippen LogP contribution in [0, 0.1) is 11.6 Å². The molecule has 0 N–H and O–H groups in total. The summed E-state index contributed by atoms with van der Waals surface area (Å²) in [6, 6.07) is 12.3. The van der Waals surface area contributed by atoms with E-state index < -0.39 is 21.7 Å². The first-order valence-electron chi connectivity index (χ1n) is 8.94. The Kier molecular flexibility index (Phi) is 7.05. The molecule has 1 fully saturated rings. The molecule has 0 atom stereocenters. The third kappa shape index (κ3) is 5.88. The van der Waals surface area contributed by atoms with Crippen LogP contribution in [0.4, 0.5) is 8.78 Å². The quantitative estimate of drug-likeness (QED) is 0.650. The van der Waals surface area contributed by atoms with Crippen LogP contribution >= 0.6 is 11.8 Å². The van der Waals surface area contributed by atoms with Gasteiger partial charge in [-0.15, -0.1) is 11.8 Å². The minimum atomic E-state index is -3.57. The van der Waals surface area contributed by atoms with Gasteiger partial charge in [-0.2, -0.15) is 4.31 Å². The summed E-state index contributed by atoms with van der Waals surface area (Å²) in [4.78, 5) is 14.1. The zero-order valence-electron chi connectivity index (χ0n) is 15.5. The van der Waals surface area contributed by atoms with Crippen LogP contribution in [0.5, 0.6) is 0 Å². The fourth-order valence-electron chi connectivity index (χ4n) is 2.83. The SMILES string of the molecule is O=C(CSc1ccc(F)cc1F)N1CCN(S(=O)(=O)/C=C\c2ccccc2)CC1. The van der Waals surface area contributed by atoms with E-state index in [0.717, 1.165) is 29.5 Å². The smallest absolute Gasteiger partial charge is 0.236 e. The number of thioether (sulfide) groups is 1. The van der Waals surface area contributed by atoms with Crippen LogP contribution in [-0.4, -0.2) is 55.5 Å². The van der Waals surface area contributed by atoms with Crippen LogP contribution in [0.15, 0.2) is 58.8 Å². The van der Waals surface area contributed by atoms with Gasteiger partial charge >= 0.3 is 0 Å². The van der Waals surface area contributed by atoms with Crippen molar-refractivity contribution >= 4 is 33.8 Å². The second kappa shape index (κ2) is 9.51. The molecule has 0 spiro atoms. The summed E-state index contributed by atoms with van der Waals surface area (Å²) in [5.74, 6) is -1.58. The molecule has 2 aromatic carbocycles. The van der Waals surface area contributed by atoms with Crippen molar-refractivity contribution in [1.82, 2.24) is 9.21 Å². The number of sulfonamides is 1. The highest BCUT2D eigenvalue weighted by Gasteiger charge is 2.27. The maximum absolute atomic E-state index is 13.7. The molecule has 29 heavy (non-hydrogen) atoms. The molecular weight excluding hydrogens is 418 g/mol. The van der Waals surface area contributed by atoms with E-state index in [1.165, 1.54) is 15.8 Å². The summed E-state index contributed by atoms with van der Waals surface area (Å²) in [5, 5.41) is 1.17. The predicted molar refractivity (Wildman–Crippen MR) is 110 cm³/mol. The lowest BCUT2D eigenvalue weighted by Crippen LogP contribution is -2.50. The van der Waals surface area contributed by atoms with Crippen molar-refractivity contribution < 1.29 is 22.0 Å². The molecule has 3 rings (SSSR count). The average Bonchev–Trinajstić information content (AvgIpc) is 2.72. The minimum Gasteiger partial charge on any atom is -0.339 e. The first-order chi connectivity index (χ1) is 13.8. The zero-order chi connectivity index (χ0) is 20.9. The summed E-state index contributed by atoms with van der Waals surface area (Å²) in [6.45, 7) is 0.930. The number of carbonyl (C=O) groups is 1. The fraction of sp³-hybridized carbons (Fsp3) is 0.250. The lowest BCUT2D eigenvalue weighted by Gasteiger charge is -2.33. The van der Waals surface area contributed by atoms with Crippen molar-refractivity contribution in [2.24, 2.45) is 0 Å². The number of carbonyl (C=O) groups excluding carboxylic acids is 1. The summed E-state index contributed by atoms with van der Waals surface area (Å²) < 4.78 is 52.9.